The van der Waals surface area contributed by atoms with E-state index in [1.165, 1.54) is 22.7 Å². The molecule has 0 aliphatic carbocycles. The van der Waals surface area contributed by atoms with Crippen molar-refractivity contribution in [3.8, 4) is 5.75 Å². The Morgan fingerprint density at radius 1 is 1.33 bits per heavy atom. The van der Waals surface area contributed by atoms with E-state index >= 15 is 0 Å². The molecule has 0 atom stereocenters. The molecule has 2 aromatic heterocycles. The standard InChI is InChI=1S/C15H16N4O2S3/c1-10-9-23-15(20)19(10)7-8-22-14-18-17-13(24-14)16-11-5-3-4-6-12(11)21-2/h3-6,9H,7-8H2,1-2H3,(H,16,17). The maximum atomic E-state index is 11.7. The summed E-state index contributed by atoms with van der Waals surface area (Å²) < 4.78 is 7.96. The van der Waals surface area contributed by atoms with Crippen molar-refractivity contribution in [2.75, 3.05) is 18.2 Å². The molecule has 0 unspecified atom stereocenters. The average molecular weight is 381 g/mol. The number of para-hydroxylation sites is 2. The van der Waals surface area contributed by atoms with Gasteiger partial charge in [-0.15, -0.1) is 10.2 Å². The minimum atomic E-state index is 0.0869. The summed E-state index contributed by atoms with van der Waals surface area (Å²) in [6.45, 7) is 2.62. The molecule has 0 bridgehead atoms. The van der Waals surface area contributed by atoms with E-state index < -0.39 is 0 Å². The van der Waals surface area contributed by atoms with Gasteiger partial charge in [-0.25, -0.2) is 0 Å². The van der Waals surface area contributed by atoms with Gasteiger partial charge in [-0.1, -0.05) is 46.6 Å². The number of methoxy groups -OCH3 is 1. The number of hydrogen-bond donors (Lipinski definition) is 1. The summed E-state index contributed by atoms with van der Waals surface area (Å²) in [5.74, 6) is 1.54. The summed E-state index contributed by atoms with van der Waals surface area (Å²) >= 11 is 4.31. The Bertz CT molecular complexity index is 871. The van der Waals surface area contributed by atoms with Crippen molar-refractivity contribution in [2.45, 2.75) is 17.8 Å². The van der Waals surface area contributed by atoms with Gasteiger partial charge < -0.3 is 14.6 Å². The van der Waals surface area contributed by atoms with Crippen LogP contribution in [0.5, 0.6) is 5.75 Å². The smallest absolute Gasteiger partial charge is 0.307 e. The Balaban J connectivity index is 1.59. The van der Waals surface area contributed by atoms with E-state index in [9.17, 15) is 4.79 Å². The summed E-state index contributed by atoms with van der Waals surface area (Å²) in [5, 5.41) is 14.1. The number of anilines is 2. The molecule has 0 aliphatic rings. The van der Waals surface area contributed by atoms with Crippen LogP contribution in [0.4, 0.5) is 10.8 Å². The highest BCUT2D eigenvalue weighted by molar-refractivity contribution is 8.01. The van der Waals surface area contributed by atoms with E-state index in [1.807, 2.05) is 36.6 Å². The molecule has 0 aliphatic heterocycles. The highest BCUT2D eigenvalue weighted by atomic mass is 32.2. The van der Waals surface area contributed by atoms with Gasteiger partial charge in [0.2, 0.25) is 5.13 Å². The number of thiazole rings is 1. The van der Waals surface area contributed by atoms with Crippen molar-refractivity contribution in [1.29, 1.82) is 0 Å². The van der Waals surface area contributed by atoms with Crippen molar-refractivity contribution in [3.05, 3.63) is 45.0 Å². The van der Waals surface area contributed by atoms with Gasteiger partial charge in [0.1, 0.15) is 5.75 Å². The fraction of sp³-hybridized carbons (Fsp3) is 0.267. The Kier molecular flexibility index (Phi) is 5.54. The molecule has 2 heterocycles. The Morgan fingerprint density at radius 2 is 2.17 bits per heavy atom. The molecule has 0 saturated carbocycles. The highest BCUT2D eigenvalue weighted by Gasteiger charge is 2.09. The van der Waals surface area contributed by atoms with Gasteiger partial charge in [-0.2, -0.15) is 0 Å². The van der Waals surface area contributed by atoms with Gasteiger partial charge in [0.15, 0.2) is 4.34 Å². The number of aryl methyl sites for hydroxylation is 1. The average Bonchev–Trinajstić information content (AvgIpc) is 3.16. The van der Waals surface area contributed by atoms with Gasteiger partial charge in [-0.3, -0.25) is 4.79 Å². The lowest BCUT2D eigenvalue weighted by Gasteiger charge is -2.07. The monoisotopic (exact) mass is 380 g/mol. The summed E-state index contributed by atoms with van der Waals surface area (Å²) in [6, 6.07) is 7.67. The summed E-state index contributed by atoms with van der Waals surface area (Å²) in [7, 11) is 1.64. The van der Waals surface area contributed by atoms with E-state index in [-0.39, 0.29) is 4.87 Å². The largest absolute Gasteiger partial charge is 0.495 e. The van der Waals surface area contributed by atoms with E-state index in [1.54, 1.807) is 23.4 Å². The van der Waals surface area contributed by atoms with Gasteiger partial charge in [0.05, 0.1) is 12.8 Å². The molecule has 126 valence electrons. The molecular formula is C15H16N4O2S3. The van der Waals surface area contributed by atoms with Crippen molar-refractivity contribution < 1.29 is 4.74 Å². The van der Waals surface area contributed by atoms with Crippen molar-refractivity contribution in [3.63, 3.8) is 0 Å². The van der Waals surface area contributed by atoms with Crippen LogP contribution in [-0.2, 0) is 6.54 Å². The molecule has 3 aromatic rings. The lowest BCUT2D eigenvalue weighted by Crippen LogP contribution is -2.15. The molecule has 1 N–H and O–H groups in total. The Morgan fingerprint density at radius 3 is 2.92 bits per heavy atom. The Hall–Kier alpha value is -1.84. The van der Waals surface area contributed by atoms with E-state index in [0.29, 0.717) is 11.7 Å². The van der Waals surface area contributed by atoms with Gasteiger partial charge >= 0.3 is 4.87 Å². The number of hydrogen-bond acceptors (Lipinski definition) is 8. The minimum Gasteiger partial charge on any atom is -0.495 e. The maximum absolute atomic E-state index is 11.7. The predicted octanol–water partition coefficient (Wildman–Crippen LogP) is 3.61. The van der Waals surface area contributed by atoms with Crippen LogP contribution in [0.25, 0.3) is 0 Å². The second kappa shape index (κ2) is 7.82. The second-order valence-electron chi connectivity index (χ2n) is 4.84. The number of ether oxygens (including phenoxy) is 1. The van der Waals surface area contributed by atoms with E-state index in [4.69, 9.17) is 4.74 Å². The molecule has 1 aromatic carbocycles. The van der Waals surface area contributed by atoms with Gasteiger partial charge in [0.25, 0.3) is 0 Å². The SMILES string of the molecule is COc1ccccc1Nc1nnc(SCCn2c(C)csc2=O)s1. The lowest BCUT2D eigenvalue weighted by molar-refractivity contribution is 0.417. The first-order valence-electron chi connectivity index (χ1n) is 7.18. The third kappa shape index (κ3) is 3.97. The van der Waals surface area contributed by atoms with Gasteiger partial charge in [-0.05, 0) is 19.1 Å². The fourth-order valence-electron chi connectivity index (χ4n) is 2.08. The van der Waals surface area contributed by atoms with Crippen molar-refractivity contribution in [1.82, 2.24) is 14.8 Å². The molecule has 0 saturated heterocycles. The molecule has 9 heteroatoms. The number of nitrogens with zero attached hydrogens (tertiary/aromatic N) is 3. The summed E-state index contributed by atoms with van der Waals surface area (Å²) in [5.41, 5.74) is 1.86. The number of thioether (sulfide) groups is 1. The summed E-state index contributed by atoms with van der Waals surface area (Å²) in [6.07, 6.45) is 0. The zero-order valence-electron chi connectivity index (χ0n) is 13.2. The Labute approximate surface area is 151 Å². The first-order chi connectivity index (χ1) is 11.7. The number of nitrogens with one attached hydrogen (secondary N) is 1. The molecule has 24 heavy (non-hydrogen) atoms. The first-order valence-corrected chi connectivity index (χ1v) is 9.87. The van der Waals surface area contributed by atoms with E-state index in [0.717, 1.165) is 27.2 Å². The predicted molar refractivity (Wildman–Crippen MR) is 100 cm³/mol. The van der Waals surface area contributed by atoms with Crippen LogP contribution in [0.2, 0.25) is 0 Å². The number of benzene rings is 1. The number of rotatable bonds is 7. The number of aromatic nitrogens is 3. The third-order valence-corrected chi connectivity index (χ3v) is 6.11. The van der Waals surface area contributed by atoms with Crippen LogP contribution in [0.3, 0.4) is 0 Å². The lowest BCUT2D eigenvalue weighted by atomic mass is 10.3. The van der Waals surface area contributed by atoms with Crippen molar-refractivity contribution >= 4 is 45.3 Å². The topological polar surface area (TPSA) is 69.0 Å². The highest BCUT2D eigenvalue weighted by Crippen LogP contribution is 2.31. The van der Waals surface area contributed by atoms with E-state index in [2.05, 4.69) is 15.5 Å². The first kappa shape index (κ1) is 17.0. The van der Waals surface area contributed by atoms with Crippen LogP contribution < -0.4 is 14.9 Å². The molecule has 3 rings (SSSR count). The normalized spacial score (nSPS) is 10.8. The fourth-order valence-corrected chi connectivity index (χ4v) is 4.60. The quantitative estimate of drug-likeness (QED) is 0.632. The van der Waals surface area contributed by atoms with Crippen LogP contribution in [0.1, 0.15) is 5.69 Å². The maximum Gasteiger partial charge on any atom is 0.307 e. The third-order valence-electron chi connectivity index (χ3n) is 3.27. The van der Waals surface area contributed by atoms with Crippen LogP contribution in [0, 0.1) is 6.92 Å². The molecule has 0 radical (unpaired) electrons. The van der Waals surface area contributed by atoms with Crippen molar-refractivity contribution in [2.24, 2.45) is 0 Å². The zero-order valence-corrected chi connectivity index (χ0v) is 15.6. The molecule has 0 fully saturated rings. The molecule has 0 amide bonds. The molecular weight excluding hydrogens is 364 g/mol. The van der Waals surface area contributed by atoms with Gasteiger partial charge in [0, 0.05) is 23.4 Å². The van der Waals surface area contributed by atoms with Crippen LogP contribution in [-0.4, -0.2) is 27.6 Å². The van der Waals surface area contributed by atoms with Crippen LogP contribution >= 0.6 is 34.4 Å². The molecule has 0 spiro atoms. The molecule has 6 nitrogen and oxygen atoms in total. The van der Waals surface area contributed by atoms with Crippen LogP contribution in [0.15, 0.2) is 38.8 Å². The zero-order chi connectivity index (χ0) is 16.9. The minimum absolute atomic E-state index is 0.0869. The summed E-state index contributed by atoms with van der Waals surface area (Å²) in [4.78, 5) is 11.8. The second-order valence-corrected chi connectivity index (χ2v) is 7.98.